The molecule has 0 aliphatic heterocycles. The molecule has 0 saturated carbocycles. The first-order valence-corrected chi connectivity index (χ1v) is 10.6. The molecule has 0 aliphatic rings. The highest BCUT2D eigenvalue weighted by atomic mass is 16.1. The molecule has 0 unspecified atom stereocenters. The molecule has 6 nitrogen and oxygen atoms in total. The van der Waals surface area contributed by atoms with E-state index in [1.54, 1.807) is 6.20 Å². The number of aromatic nitrogens is 4. The van der Waals surface area contributed by atoms with Crippen molar-refractivity contribution in [1.29, 1.82) is 0 Å². The number of hydrogen-bond donors (Lipinski definition) is 1. The first kappa shape index (κ1) is 19.8. The van der Waals surface area contributed by atoms with Crippen molar-refractivity contribution in [1.82, 2.24) is 24.3 Å². The number of carbonyl (C=O) groups is 1. The molecule has 1 N–H and O–H groups in total. The van der Waals surface area contributed by atoms with E-state index in [-0.39, 0.29) is 5.91 Å². The monoisotopic (exact) mass is 421 g/mol. The second-order valence-electron chi connectivity index (χ2n) is 7.62. The normalized spacial score (nSPS) is 11.0. The molecule has 32 heavy (non-hydrogen) atoms. The van der Waals surface area contributed by atoms with Crippen LogP contribution >= 0.6 is 0 Å². The third kappa shape index (κ3) is 4.16. The quantitative estimate of drug-likeness (QED) is 0.428. The van der Waals surface area contributed by atoms with E-state index >= 15 is 0 Å². The molecule has 1 amide bonds. The van der Waals surface area contributed by atoms with Crippen molar-refractivity contribution in [2.75, 3.05) is 6.54 Å². The van der Waals surface area contributed by atoms with Crippen LogP contribution in [-0.4, -0.2) is 31.4 Å². The van der Waals surface area contributed by atoms with Crippen LogP contribution in [-0.2, 0) is 13.0 Å². The van der Waals surface area contributed by atoms with Crippen molar-refractivity contribution in [3.63, 3.8) is 0 Å². The molecule has 0 spiro atoms. The molecule has 0 fully saturated rings. The van der Waals surface area contributed by atoms with Gasteiger partial charge in [0.2, 0.25) is 0 Å². The number of fused-ring (bicyclic) bond motifs is 1. The van der Waals surface area contributed by atoms with Gasteiger partial charge in [-0.3, -0.25) is 14.2 Å². The number of rotatable bonds is 7. The third-order valence-corrected chi connectivity index (χ3v) is 5.38. The zero-order valence-electron chi connectivity index (χ0n) is 17.6. The highest BCUT2D eigenvalue weighted by Gasteiger charge is 2.18. The Bertz CT molecular complexity index is 1340. The van der Waals surface area contributed by atoms with Crippen LogP contribution in [0.25, 0.3) is 16.9 Å². The lowest BCUT2D eigenvalue weighted by Gasteiger charge is -2.04. The Balaban J connectivity index is 1.37. The van der Waals surface area contributed by atoms with Crippen LogP contribution in [0.3, 0.4) is 0 Å². The highest BCUT2D eigenvalue weighted by molar-refractivity contribution is 6.00. The Morgan fingerprint density at radius 1 is 0.906 bits per heavy atom. The summed E-state index contributed by atoms with van der Waals surface area (Å²) in [6.07, 6.45) is 8.56. The Morgan fingerprint density at radius 3 is 2.59 bits per heavy atom. The maximum atomic E-state index is 12.9. The van der Waals surface area contributed by atoms with Crippen molar-refractivity contribution in [3.05, 3.63) is 115 Å². The maximum absolute atomic E-state index is 12.9. The largest absolute Gasteiger partial charge is 0.350 e. The summed E-state index contributed by atoms with van der Waals surface area (Å²) in [6.45, 7) is 1.24. The molecule has 0 aliphatic carbocycles. The first-order chi connectivity index (χ1) is 15.8. The molecule has 1 aromatic carbocycles. The van der Waals surface area contributed by atoms with Gasteiger partial charge < -0.3 is 9.88 Å². The zero-order valence-corrected chi connectivity index (χ0v) is 17.6. The van der Waals surface area contributed by atoms with Crippen LogP contribution in [0.1, 0.15) is 21.7 Å². The van der Waals surface area contributed by atoms with E-state index in [1.165, 1.54) is 5.56 Å². The first-order valence-electron chi connectivity index (χ1n) is 10.6. The van der Waals surface area contributed by atoms with E-state index in [4.69, 9.17) is 4.98 Å². The van der Waals surface area contributed by atoms with E-state index in [2.05, 4.69) is 27.0 Å². The number of amides is 1. The van der Waals surface area contributed by atoms with Crippen LogP contribution in [0, 0.1) is 0 Å². The number of pyridine rings is 2. The number of hydrogen-bond acceptors (Lipinski definition) is 3. The molecule has 4 aromatic heterocycles. The number of nitrogens with one attached hydrogen (secondary N) is 1. The molecular formula is C26H23N5O. The second-order valence-corrected chi connectivity index (χ2v) is 7.62. The fraction of sp³-hybridized carbons (Fsp3) is 0.115. The molecule has 0 bridgehead atoms. The van der Waals surface area contributed by atoms with E-state index < -0.39 is 0 Å². The highest BCUT2D eigenvalue weighted by Crippen LogP contribution is 2.23. The third-order valence-electron chi connectivity index (χ3n) is 5.38. The van der Waals surface area contributed by atoms with Gasteiger partial charge >= 0.3 is 0 Å². The summed E-state index contributed by atoms with van der Waals surface area (Å²) >= 11 is 0. The summed E-state index contributed by atoms with van der Waals surface area (Å²) in [5.74, 6) is 0.581. The van der Waals surface area contributed by atoms with Crippen LogP contribution in [0.4, 0.5) is 0 Å². The lowest BCUT2D eigenvalue weighted by atomic mass is 10.1. The van der Waals surface area contributed by atoms with Gasteiger partial charge in [-0.1, -0.05) is 42.5 Å². The molecule has 6 heteroatoms. The predicted molar refractivity (Wildman–Crippen MR) is 124 cm³/mol. The number of carbonyl (C=O) groups excluding carboxylic acids is 1. The summed E-state index contributed by atoms with van der Waals surface area (Å²) in [7, 11) is 0. The van der Waals surface area contributed by atoms with Crippen LogP contribution in [0.2, 0.25) is 0 Å². The van der Waals surface area contributed by atoms with E-state index in [0.29, 0.717) is 18.8 Å². The van der Waals surface area contributed by atoms with Gasteiger partial charge in [0.1, 0.15) is 5.82 Å². The summed E-state index contributed by atoms with van der Waals surface area (Å²) in [5.41, 5.74) is 4.35. The van der Waals surface area contributed by atoms with E-state index in [1.807, 2.05) is 83.7 Å². The van der Waals surface area contributed by atoms with Crippen LogP contribution in [0.15, 0.2) is 97.6 Å². The van der Waals surface area contributed by atoms with Gasteiger partial charge in [-0.25, -0.2) is 4.98 Å². The lowest BCUT2D eigenvalue weighted by molar-refractivity contribution is 0.0951. The Kier molecular flexibility index (Phi) is 5.49. The lowest BCUT2D eigenvalue weighted by Crippen LogP contribution is -2.26. The Labute approximate surface area is 186 Å². The minimum absolute atomic E-state index is 0.163. The molecule has 0 saturated heterocycles. The maximum Gasteiger partial charge on any atom is 0.272 e. The Hall–Kier alpha value is -4.19. The van der Waals surface area contributed by atoms with Gasteiger partial charge in [0, 0.05) is 36.9 Å². The molecule has 0 atom stereocenters. The van der Waals surface area contributed by atoms with Gasteiger partial charge in [0.15, 0.2) is 5.69 Å². The SMILES string of the molecule is O=C(NCCc1ccccc1)c1nc(-c2ccn(Cc3ccccn3)c2)n2ccccc12. The Morgan fingerprint density at radius 2 is 1.75 bits per heavy atom. The fourth-order valence-electron chi connectivity index (χ4n) is 3.81. The fourth-order valence-corrected chi connectivity index (χ4v) is 3.81. The van der Waals surface area contributed by atoms with Crippen molar-refractivity contribution >= 4 is 11.4 Å². The van der Waals surface area contributed by atoms with Gasteiger partial charge in [0.05, 0.1) is 17.8 Å². The van der Waals surface area contributed by atoms with Crippen molar-refractivity contribution in [3.8, 4) is 11.4 Å². The predicted octanol–water partition coefficient (Wildman–Crippen LogP) is 4.22. The minimum Gasteiger partial charge on any atom is -0.350 e. The van der Waals surface area contributed by atoms with Crippen molar-refractivity contribution in [2.24, 2.45) is 0 Å². The topological polar surface area (TPSA) is 64.2 Å². The number of imidazole rings is 1. The molecule has 5 rings (SSSR count). The molecule has 4 heterocycles. The van der Waals surface area contributed by atoms with Gasteiger partial charge in [-0.05, 0) is 42.3 Å². The summed E-state index contributed by atoms with van der Waals surface area (Å²) in [4.78, 5) is 22.1. The standard InChI is InChI=1S/C26H23N5O/c32-26(28-15-12-20-8-2-1-3-9-20)24-23-11-5-7-16-31(23)25(29-24)21-13-17-30(18-21)19-22-10-4-6-14-27-22/h1-11,13-14,16-18H,12,15,19H2,(H,28,32). The molecule has 5 aromatic rings. The number of nitrogens with zero attached hydrogens (tertiary/aromatic N) is 4. The number of benzene rings is 1. The van der Waals surface area contributed by atoms with Crippen molar-refractivity contribution < 1.29 is 4.79 Å². The molecule has 158 valence electrons. The van der Waals surface area contributed by atoms with Crippen LogP contribution in [0.5, 0.6) is 0 Å². The van der Waals surface area contributed by atoms with Gasteiger partial charge in [0.25, 0.3) is 5.91 Å². The summed E-state index contributed by atoms with van der Waals surface area (Å²) < 4.78 is 4.04. The zero-order chi connectivity index (χ0) is 21.8. The summed E-state index contributed by atoms with van der Waals surface area (Å²) in [6, 6.07) is 23.8. The van der Waals surface area contributed by atoms with E-state index in [9.17, 15) is 4.79 Å². The average Bonchev–Trinajstić information content (AvgIpc) is 3.45. The molecule has 0 radical (unpaired) electrons. The van der Waals surface area contributed by atoms with Gasteiger partial charge in [-0.15, -0.1) is 0 Å². The van der Waals surface area contributed by atoms with Crippen LogP contribution < -0.4 is 5.32 Å². The van der Waals surface area contributed by atoms with Gasteiger partial charge in [-0.2, -0.15) is 0 Å². The molecular weight excluding hydrogens is 398 g/mol. The smallest absolute Gasteiger partial charge is 0.272 e. The average molecular weight is 422 g/mol. The minimum atomic E-state index is -0.163. The van der Waals surface area contributed by atoms with E-state index in [0.717, 1.165) is 29.0 Å². The summed E-state index contributed by atoms with van der Waals surface area (Å²) in [5, 5.41) is 3.01. The van der Waals surface area contributed by atoms with Crippen molar-refractivity contribution in [2.45, 2.75) is 13.0 Å². The second kappa shape index (κ2) is 8.89.